The van der Waals surface area contributed by atoms with Crippen molar-refractivity contribution in [3.63, 3.8) is 0 Å². The predicted octanol–water partition coefficient (Wildman–Crippen LogP) is 3.24. The van der Waals surface area contributed by atoms with Crippen LogP contribution in [0.2, 0.25) is 0 Å². The number of hydrogen-bond donors (Lipinski definition) is 1. The van der Waals surface area contributed by atoms with Gasteiger partial charge in [0.2, 0.25) is 0 Å². The fraction of sp³-hybridized carbons (Fsp3) is 0.400. The number of carbonyl (C=O) groups is 2. The van der Waals surface area contributed by atoms with Crippen molar-refractivity contribution in [2.24, 2.45) is 0 Å². The van der Waals surface area contributed by atoms with Crippen LogP contribution in [0.15, 0.2) is 36.4 Å². The Labute approximate surface area is 158 Å². The highest BCUT2D eigenvalue weighted by atomic mass is 32.1. The van der Waals surface area contributed by atoms with Crippen molar-refractivity contribution in [3.8, 4) is 0 Å². The molecule has 2 atom stereocenters. The maximum atomic E-state index is 12.7. The Kier molecular flexibility index (Phi) is 5.74. The minimum absolute atomic E-state index is 0.0247. The highest BCUT2D eigenvalue weighted by Crippen LogP contribution is 2.16. The standard InChI is InChI=1S/C20H24N2O3S/c1-13-11-22(12-14(2)25-13)20(24)17-7-5-16(6-8-17)10-21-19(23)18-9-4-15(3)26-18/h4-9,13-14H,10-12H2,1-3H3,(H,21,23)/t13-,14-/m0/s1. The Bertz CT molecular complexity index is 775. The Balaban J connectivity index is 1.58. The molecular weight excluding hydrogens is 348 g/mol. The van der Waals surface area contributed by atoms with E-state index in [0.29, 0.717) is 30.1 Å². The normalized spacial score (nSPS) is 20.0. The number of amides is 2. The largest absolute Gasteiger partial charge is 0.372 e. The molecule has 2 amide bonds. The van der Waals surface area contributed by atoms with E-state index in [1.165, 1.54) is 11.3 Å². The third-order valence-corrected chi connectivity index (χ3v) is 5.32. The van der Waals surface area contributed by atoms with E-state index in [2.05, 4.69) is 5.32 Å². The zero-order valence-corrected chi connectivity index (χ0v) is 16.1. The molecule has 0 aliphatic carbocycles. The smallest absolute Gasteiger partial charge is 0.261 e. The van der Waals surface area contributed by atoms with Crippen molar-refractivity contribution < 1.29 is 14.3 Å². The molecule has 0 bridgehead atoms. The number of ether oxygens (including phenoxy) is 1. The topological polar surface area (TPSA) is 58.6 Å². The summed E-state index contributed by atoms with van der Waals surface area (Å²) in [6.07, 6.45) is 0.108. The molecule has 1 saturated heterocycles. The quantitative estimate of drug-likeness (QED) is 0.896. The number of rotatable bonds is 4. The lowest BCUT2D eigenvalue weighted by Crippen LogP contribution is -2.48. The van der Waals surface area contributed by atoms with Crippen LogP contribution in [0.1, 0.15) is 44.3 Å². The van der Waals surface area contributed by atoms with E-state index < -0.39 is 0 Å². The van der Waals surface area contributed by atoms with Gasteiger partial charge >= 0.3 is 0 Å². The van der Waals surface area contributed by atoms with E-state index in [0.717, 1.165) is 10.4 Å². The lowest BCUT2D eigenvalue weighted by atomic mass is 10.1. The summed E-state index contributed by atoms with van der Waals surface area (Å²) in [5, 5.41) is 2.91. The summed E-state index contributed by atoms with van der Waals surface area (Å²) in [7, 11) is 0. The Hall–Kier alpha value is -2.18. The van der Waals surface area contributed by atoms with Crippen molar-refractivity contribution in [2.45, 2.75) is 39.5 Å². The minimum atomic E-state index is -0.0699. The maximum absolute atomic E-state index is 12.7. The zero-order valence-electron chi connectivity index (χ0n) is 15.3. The number of hydrogen-bond acceptors (Lipinski definition) is 4. The van der Waals surface area contributed by atoms with E-state index in [1.54, 1.807) is 0 Å². The molecule has 1 fully saturated rings. The maximum Gasteiger partial charge on any atom is 0.261 e. The average molecular weight is 372 g/mol. The molecule has 0 spiro atoms. The molecule has 1 N–H and O–H groups in total. The summed E-state index contributed by atoms with van der Waals surface area (Å²) >= 11 is 1.48. The number of nitrogens with zero attached hydrogens (tertiary/aromatic N) is 1. The summed E-state index contributed by atoms with van der Waals surface area (Å²) in [6.45, 7) is 7.61. The minimum Gasteiger partial charge on any atom is -0.372 e. The first-order valence-corrected chi connectivity index (χ1v) is 9.62. The number of morpholine rings is 1. The third-order valence-electron chi connectivity index (χ3n) is 4.32. The SMILES string of the molecule is Cc1ccc(C(=O)NCc2ccc(C(=O)N3C[C@H](C)O[C@@H](C)C3)cc2)s1. The molecule has 1 aliphatic heterocycles. The first-order chi connectivity index (χ1) is 12.4. The van der Waals surface area contributed by atoms with Crippen molar-refractivity contribution in [1.82, 2.24) is 10.2 Å². The van der Waals surface area contributed by atoms with Gasteiger partial charge in [-0.3, -0.25) is 9.59 Å². The molecule has 138 valence electrons. The van der Waals surface area contributed by atoms with Gasteiger partial charge in [-0.15, -0.1) is 11.3 Å². The molecule has 1 aromatic heterocycles. The summed E-state index contributed by atoms with van der Waals surface area (Å²) in [4.78, 5) is 28.4. The van der Waals surface area contributed by atoms with Crippen LogP contribution in [0.5, 0.6) is 0 Å². The van der Waals surface area contributed by atoms with E-state index in [1.807, 2.05) is 62.1 Å². The molecule has 5 nitrogen and oxygen atoms in total. The highest BCUT2D eigenvalue weighted by Gasteiger charge is 2.26. The van der Waals surface area contributed by atoms with Crippen LogP contribution in [0.3, 0.4) is 0 Å². The van der Waals surface area contributed by atoms with E-state index in [4.69, 9.17) is 4.74 Å². The number of aryl methyl sites for hydroxylation is 1. The molecule has 2 aromatic rings. The van der Waals surface area contributed by atoms with Crippen molar-refractivity contribution >= 4 is 23.2 Å². The Morgan fingerprint density at radius 1 is 1.12 bits per heavy atom. The molecule has 0 unspecified atom stereocenters. The van der Waals surface area contributed by atoms with Gasteiger partial charge in [-0.1, -0.05) is 12.1 Å². The summed E-state index contributed by atoms with van der Waals surface area (Å²) in [6, 6.07) is 11.2. The number of benzene rings is 1. The first-order valence-electron chi connectivity index (χ1n) is 8.80. The molecular formula is C20H24N2O3S. The molecule has 1 aliphatic rings. The van der Waals surface area contributed by atoms with Gasteiger partial charge in [0.1, 0.15) is 0 Å². The lowest BCUT2D eigenvalue weighted by molar-refractivity contribution is -0.0586. The molecule has 6 heteroatoms. The van der Waals surface area contributed by atoms with Crippen LogP contribution in [-0.4, -0.2) is 42.0 Å². The Morgan fingerprint density at radius 2 is 1.77 bits per heavy atom. The number of thiophene rings is 1. The van der Waals surface area contributed by atoms with Crippen molar-refractivity contribution in [2.75, 3.05) is 13.1 Å². The van der Waals surface area contributed by atoms with Gasteiger partial charge in [-0.05, 0) is 50.6 Å². The second-order valence-corrected chi connectivity index (χ2v) is 8.05. The van der Waals surface area contributed by atoms with Crippen molar-refractivity contribution in [3.05, 3.63) is 57.3 Å². The number of nitrogens with one attached hydrogen (secondary N) is 1. The molecule has 3 rings (SSSR count). The lowest BCUT2D eigenvalue weighted by Gasteiger charge is -2.35. The van der Waals surface area contributed by atoms with E-state index in [9.17, 15) is 9.59 Å². The predicted molar refractivity (Wildman–Crippen MR) is 103 cm³/mol. The van der Waals surface area contributed by atoms with Gasteiger partial charge < -0.3 is 15.0 Å². The van der Waals surface area contributed by atoms with Gasteiger partial charge in [0, 0.05) is 30.1 Å². The zero-order chi connectivity index (χ0) is 18.7. The van der Waals surface area contributed by atoms with Gasteiger partial charge in [-0.2, -0.15) is 0 Å². The second kappa shape index (κ2) is 8.01. The van der Waals surface area contributed by atoms with Crippen molar-refractivity contribution in [1.29, 1.82) is 0 Å². The van der Waals surface area contributed by atoms with Crippen LogP contribution in [-0.2, 0) is 11.3 Å². The Morgan fingerprint density at radius 3 is 2.35 bits per heavy atom. The van der Waals surface area contributed by atoms with Gasteiger partial charge in [0.25, 0.3) is 11.8 Å². The summed E-state index contributed by atoms with van der Waals surface area (Å²) in [5.41, 5.74) is 1.63. The second-order valence-electron chi connectivity index (χ2n) is 6.76. The van der Waals surface area contributed by atoms with Gasteiger partial charge in [-0.25, -0.2) is 0 Å². The van der Waals surface area contributed by atoms with E-state index >= 15 is 0 Å². The molecule has 0 radical (unpaired) electrons. The summed E-state index contributed by atoms with van der Waals surface area (Å²) in [5.74, 6) is -0.0452. The van der Waals surface area contributed by atoms with Gasteiger partial charge in [0.15, 0.2) is 0 Å². The monoisotopic (exact) mass is 372 g/mol. The fourth-order valence-electron chi connectivity index (χ4n) is 3.12. The van der Waals surface area contributed by atoms with Crippen LogP contribution < -0.4 is 5.32 Å². The molecule has 2 heterocycles. The first kappa shape index (κ1) is 18.6. The average Bonchev–Trinajstić information content (AvgIpc) is 3.05. The van der Waals surface area contributed by atoms with Crippen LogP contribution in [0.4, 0.5) is 0 Å². The number of carbonyl (C=O) groups excluding carboxylic acids is 2. The summed E-state index contributed by atoms with van der Waals surface area (Å²) < 4.78 is 5.68. The van der Waals surface area contributed by atoms with Crippen LogP contribution >= 0.6 is 11.3 Å². The van der Waals surface area contributed by atoms with E-state index in [-0.39, 0.29) is 24.0 Å². The molecule has 26 heavy (non-hydrogen) atoms. The van der Waals surface area contributed by atoms with Crippen LogP contribution in [0, 0.1) is 6.92 Å². The molecule has 1 aromatic carbocycles. The molecule has 0 saturated carbocycles. The third kappa shape index (κ3) is 4.51. The fourth-order valence-corrected chi connectivity index (χ4v) is 3.90. The highest BCUT2D eigenvalue weighted by molar-refractivity contribution is 7.13. The van der Waals surface area contributed by atoms with Gasteiger partial charge in [0.05, 0.1) is 17.1 Å². The van der Waals surface area contributed by atoms with Crippen LogP contribution in [0.25, 0.3) is 0 Å².